The number of hydrogen-bond acceptors (Lipinski definition) is 3. The Labute approximate surface area is 60.5 Å². The minimum absolute atomic E-state index is 0.755. The van der Waals surface area contributed by atoms with E-state index < -0.39 is 15.1 Å². The largest absolute Gasteiger partial charge is 0.467 e. The standard InChI is InChI=1S/C5H4O2S2/c6-9-4-2-1-3-7-5(4,9)8/h1-3,8H. The number of fused-ring (bicyclic) bond motifs is 1. The monoisotopic (exact) mass is 160 g/mol. The molecule has 0 bridgehead atoms. The van der Waals surface area contributed by atoms with E-state index in [1.807, 2.05) is 0 Å². The highest BCUT2D eigenvalue weighted by atomic mass is 32.2. The van der Waals surface area contributed by atoms with Gasteiger partial charge in [-0.2, -0.15) is 0 Å². The Morgan fingerprint density at radius 1 is 1.78 bits per heavy atom. The lowest BCUT2D eigenvalue weighted by Crippen LogP contribution is -2.03. The van der Waals surface area contributed by atoms with Crippen molar-refractivity contribution in [2.24, 2.45) is 0 Å². The van der Waals surface area contributed by atoms with Crippen LogP contribution in [0.5, 0.6) is 0 Å². The zero-order valence-corrected chi connectivity index (χ0v) is 6.11. The van der Waals surface area contributed by atoms with Gasteiger partial charge >= 0.3 is 0 Å². The predicted molar refractivity (Wildman–Crippen MR) is 38.2 cm³/mol. The van der Waals surface area contributed by atoms with Crippen molar-refractivity contribution in [2.45, 2.75) is 4.27 Å². The Morgan fingerprint density at radius 3 is 3.00 bits per heavy atom. The van der Waals surface area contributed by atoms with Crippen LogP contribution in [0.3, 0.4) is 0 Å². The van der Waals surface area contributed by atoms with Crippen molar-refractivity contribution >= 4 is 23.4 Å². The lowest BCUT2D eigenvalue weighted by atomic mass is 10.4. The Bertz CT molecular complexity index is 243. The number of hydrogen-bond donors (Lipinski definition) is 1. The van der Waals surface area contributed by atoms with E-state index in [-0.39, 0.29) is 0 Å². The van der Waals surface area contributed by atoms with Gasteiger partial charge in [0.25, 0.3) is 4.27 Å². The van der Waals surface area contributed by atoms with Crippen LogP contribution in [0.2, 0.25) is 0 Å². The van der Waals surface area contributed by atoms with Gasteiger partial charge in [-0.05, 0) is 12.2 Å². The molecule has 0 amide bonds. The summed E-state index contributed by atoms with van der Waals surface area (Å²) in [7, 11) is -0.999. The van der Waals surface area contributed by atoms with Crippen molar-refractivity contribution in [3.8, 4) is 0 Å². The summed E-state index contributed by atoms with van der Waals surface area (Å²) < 4.78 is 15.1. The first-order valence-electron chi connectivity index (χ1n) is 2.44. The number of thiol groups is 1. The fourth-order valence-corrected chi connectivity index (χ4v) is 2.23. The smallest absolute Gasteiger partial charge is 0.264 e. The molecular weight excluding hydrogens is 156 g/mol. The maximum absolute atomic E-state index is 10.8. The molecule has 9 heavy (non-hydrogen) atoms. The molecule has 0 N–H and O–H groups in total. The lowest BCUT2D eigenvalue weighted by Gasteiger charge is -2.03. The van der Waals surface area contributed by atoms with Gasteiger partial charge in [-0.25, -0.2) is 4.21 Å². The summed E-state index contributed by atoms with van der Waals surface area (Å²) in [4.78, 5) is 0.772. The van der Waals surface area contributed by atoms with Crippen LogP contribution in [0.15, 0.2) is 23.3 Å². The van der Waals surface area contributed by atoms with Crippen molar-refractivity contribution in [1.29, 1.82) is 0 Å². The van der Waals surface area contributed by atoms with E-state index in [9.17, 15) is 4.21 Å². The molecule has 2 atom stereocenters. The molecule has 2 heterocycles. The van der Waals surface area contributed by atoms with Crippen LogP contribution in [0.4, 0.5) is 0 Å². The summed E-state index contributed by atoms with van der Waals surface area (Å²) in [6.07, 6.45) is 4.99. The summed E-state index contributed by atoms with van der Waals surface area (Å²) in [6, 6.07) is 0. The maximum atomic E-state index is 10.8. The Hall–Kier alpha value is -0.220. The zero-order valence-electron chi connectivity index (χ0n) is 4.40. The molecule has 2 aliphatic heterocycles. The second-order valence-electron chi connectivity index (χ2n) is 1.83. The molecule has 2 unspecified atom stereocenters. The first-order valence-corrected chi connectivity index (χ1v) is 4.04. The topological polar surface area (TPSA) is 26.3 Å². The van der Waals surface area contributed by atoms with Gasteiger partial charge in [-0.15, -0.1) is 12.6 Å². The van der Waals surface area contributed by atoms with Crippen LogP contribution in [-0.4, -0.2) is 8.47 Å². The van der Waals surface area contributed by atoms with Crippen LogP contribution in [0, 0.1) is 0 Å². The highest BCUT2D eigenvalue weighted by molar-refractivity contribution is 8.13. The van der Waals surface area contributed by atoms with Crippen LogP contribution in [-0.2, 0) is 15.5 Å². The summed E-state index contributed by atoms with van der Waals surface area (Å²) >= 11 is 4.05. The molecule has 2 rings (SSSR count). The van der Waals surface area contributed by atoms with Gasteiger partial charge < -0.3 is 4.74 Å². The summed E-state index contributed by atoms with van der Waals surface area (Å²) in [5.74, 6) is 0. The van der Waals surface area contributed by atoms with Gasteiger partial charge in [0.2, 0.25) is 0 Å². The molecule has 4 heteroatoms. The van der Waals surface area contributed by atoms with Crippen LogP contribution >= 0.6 is 12.6 Å². The molecule has 1 fully saturated rings. The first-order chi connectivity index (χ1) is 4.25. The van der Waals surface area contributed by atoms with E-state index in [0.717, 1.165) is 4.91 Å². The summed E-state index contributed by atoms with van der Waals surface area (Å²) in [5.41, 5.74) is 0. The molecule has 0 spiro atoms. The van der Waals surface area contributed by atoms with Gasteiger partial charge in [0.05, 0.1) is 11.2 Å². The van der Waals surface area contributed by atoms with E-state index in [4.69, 9.17) is 4.74 Å². The normalized spacial score (nSPS) is 45.0. The third-order valence-corrected chi connectivity index (χ3v) is 3.71. The molecule has 48 valence electrons. The third-order valence-electron chi connectivity index (χ3n) is 1.27. The van der Waals surface area contributed by atoms with Gasteiger partial charge in [-0.3, -0.25) is 0 Å². The Kier molecular flexibility index (Phi) is 0.887. The second-order valence-corrected chi connectivity index (χ2v) is 4.31. The summed E-state index contributed by atoms with van der Waals surface area (Å²) in [5, 5.41) is 0. The van der Waals surface area contributed by atoms with Crippen LogP contribution in [0.25, 0.3) is 0 Å². The molecule has 0 aliphatic carbocycles. The zero-order chi connectivity index (χ0) is 6.48. The number of ether oxygens (including phenoxy) is 1. The van der Waals surface area contributed by atoms with E-state index in [0.29, 0.717) is 0 Å². The number of rotatable bonds is 0. The molecule has 1 saturated heterocycles. The van der Waals surface area contributed by atoms with Gasteiger partial charge in [0.15, 0.2) is 0 Å². The number of allylic oxidation sites excluding steroid dienone is 2. The van der Waals surface area contributed by atoms with E-state index >= 15 is 0 Å². The van der Waals surface area contributed by atoms with Crippen molar-refractivity contribution in [1.82, 2.24) is 0 Å². The van der Waals surface area contributed by atoms with E-state index in [1.165, 1.54) is 6.26 Å². The minimum atomic E-state index is -0.999. The second kappa shape index (κ2) is 1.44. The van der Waals surface area contributed by atoms with Gasteiger partial charge in [-0.1, -0.05) is 0 Å². The maximum Gasteiger partial charge on any atom is 0.264 e. The molecular formula is C5H4O2S2. The van der Waals surface area contributed by atoms with Crippen molar-refractivity contribution < 1.29 is 8.95 Å². The van der Waals surface area contributed by atoms with Crippen molar-refractivity contribution in [3.05, 3.63) is 23.3 Å². The quantitative estimate of drug-likeness (QED) is 0.418. The average Bonchev–Trinajstić information content (AvgIpc) is 2.38. The fraction of sp³-hybridized carbons (Fsp3) is 0.200. The molecule has 0 radical (unpaired) electrons. The molecule has 0 saturated carbocycles. The molecule has 2 aliphatic rings. The van der Waals surface area contributed by atoms with Crippen LogP contribution < -0.4 is 0 Å². The van der Waals surface area contributed by atoms with Crippen molar-refractivity contribution in [3.63, 3.8) is 0 Å². The van der Waals surface area contributed by atoms with E-state index in [2.05, 4.69) is 12.6 Å². The highest BCUT2D eigenvalue weighted by Crippen LogP contribution is 2.51. The molecule has 0 aromatic rings. The lowest BCUT2D eigenvalue weighted by molar-refractivity contribution is 0.245. The van der Waals surface area contributed by atoms with Crippen LogP contribution in [0.1, 0.15) is 0 Å². The predicted octanol–water partition coefficient (Wildman–Crippen LogP) is 0.760. The molecule has 2 nitrogen and oxygen atoms in total. The third kappa shape index (κ3) is 0.548. The minimum Gasteiger partial charge on any atom is -0.467 e. The SMILES string of the molecule is O=S1C2=CC=COC21S. The molecule has 0 aromatic heterocycles. The fourth-order valence-electron chi connectivity index (χ4n) is 0.727. The Morgan fingerprint density at radius 2 is 2.56 bits per heavy atom. The Balaban J connectivity index is 2.46. The molecule has 0 aromatic carbocycles. The van der Waals surface area contributed by atoms with Gasteiger partial charge in [0, 0.05) is 0 Å². The first kappa shape index (κ1) is 5.56. The average molecular weight is 160 g/mol. The highest BCUT2D eigenvalue weighted by Gasteiger charge is 2.59. The van der Waals surface area contributed by atoms with Gasteiger partial charge in [0.1, 0.15) is 10.8 Å². The van der Waals surface area contributed by atoms with Crippen molar-refractivity contribution in [2.75, 3.05) is 0 Å². The summed E-state index contributed by atoms with van der Waals surface area (Å²) in [6.45, 7) is 0. The van der Waals surface area contributed by atoms with E-state index in [1.54, 1.807) is 12.2 Å².